The van der Waals surface area contributed by atoms with Crippen LogP contribution in [0.25, 0.3) is 6.08 Å². The number of halogens is 1. The lowest BCUT2D eigenvalue weighted by Crippen LogP contribution is -2.00. The van der Waals surface area contributed by atoms with Crippen molar-refractivity contribution in [1.82, 2.24) is 0 Å². The fourth-order valence-electron chi connectivity index (χ4n) is 3.07. The highest BCUT2D eigenvalue weighted by molar-refractivity contribution is 9.10. The van der Waals surface area contributed by atoms with E-state index in [1.54, 1.807) is 24.5 Å². The Bertz CT molecular complexity index is 1050. The largest absolute Gasteiger partial charge is 0.496 e. The van der Waals surface area contributed by atoms with Crippen LogP contribution in [-0.4, -0.2) is 12.9 Å². The van der Waals surface area contributed by atoms with Crippen LogP contribution in [0.2, 0.25) is 0 Å². The lowest BCUT2D eigenvalue weighted by atomic mass is 10.1. The second kappa shape index (κ2) is 10.6. The Morgan fingerprint density at radius 3 is 2.67 bits per heavy atom. The summed E-state index contributed by atoms with van der Waals surface area (Å²) in [4.78, 5) is 14.6. The Kier molecular flexibility index (Phi) is 7.88. The topological polar surface area (TPSA) is 35.5 Å². The van der Waals surface area contributed by atoms with Crippen LogP contribution < -0.4 is 9.47 Å². The van der Waals surface area contributed by atoms with Crippen LogP contribution in [0, 0.1) is 6.92 Å². The molecule has 0 fully saturated rings. The third kappa shape index (κ3) is 5.61. The van der Waals surface area contributed by atoms with Gasteiger partial charge in [0.05, 0.1) is 12.0 Å². The van der Waals surface area contributed by atoms with E-state index >= 15 is 0 Å². The van der Waals surface area contributed by atoms with Gasteiger partial charge in [-0.05, 0) is 70.7 Å². The Balaban J connectivity index is 1.74. The van der Waals surface area contributed by atoms with Gasteiger partial charge in [0.1, 0.15) is 18.1 Å². The monoisotopic (exact) mass is 484 g/mol. The molecule has 0 saturated carbocycles. The van der Waals surface area contributed by atoms with Crippen molar-refractivity contribution in [2.45, 2.75) is 33.3 Å². The van der Waals surface area contributed by atoms with Crippen molar-refractivity contribution in [3.8, 4) is 11.5 Å². The number of carbonyl (C=O) groups excluding carboxylic acids is 1. The molecule has 1 heterocycles. The number of thiophene rings is 1. The number of allylic oxidation sites excluding steroid dienone is 1. The van der Waals surface area contributed by atoms with Gasteiger partial charge in [-0.2, -0.15) is 0 Å². The first kappa shape index (κ1) is 22.3. The van der Waals surface area contributed by atoms with Gasteiger partial charge in [0.15, 0.2) is 5.78 Å². The van der Waals surface area contributed by atoms with Crippen LogP contribution in [0.4, 0.5) is 0 Å². The zero-order chi connectivity index (χ0) is 21.5. The Labute approximate surface area is 190 Å². The summed E-state index contributed by atoms with van der Waals surface area (Å²) in [5.41, 5.74) is 2.94. The highest BCUT2D eigenvalue weighted by atomic mass is 79.9. The van der Waals surface area contributed by atoms with E-state index in [9.17, 15) is 4.79 Å². The number of ketones is 1. The molecule has 30 heavy (non-hydrogen) atoms. The first-order chi connectivity index (χ1) is 14.5. The Morgan fingerprint density at radius 2 is 1.93 bits per heavy atom. The van der Waals surface area contributed by atoms with Gasteiger partial charge in [0.25, 0.3) is 0 Å². The molecule has 0 unspecified atom stereocenters. The minimum atomic E-state index is 0.0107. The molecule has 3 aromatic rings. The molecule has 3 rings (SSSR count). The van der Waals surface area contributed by atoms with Crippen LogP contribution in [0.5, 0.6) is 11.5 Å². The Hall–Kier alpha value is -2.37. The maximum Gasteiger partial charge on any atom is 0.195 e. The smallest absolute Gasteiger partial charge is 0.195 e. The highest BCUT2D eigenvalue weighted by Gasteiger charge is 2.11. The molecule has 0 radical (unpaired) electrons. The number of ether oxygens (including phenoxy) is 2. The average molecular weight is 485 g/mol. The molecular weight excluding hydrogens is 460 g/mol. The maximum atomic E-state index is 12.6. The van der Waals surface area contributed by atoms with Gasteiger partial charge in [-0.25, -0.2) is 0 Å². The summed E-state index contributed by atoms with van der Waals surface area (Å²) in [6, 6.07) is 15.7. The van der Waals surface area contributed by atoms with E-state index in [1.165, 1.54) is 4.88 Å². The zero-order valence-corrected chi connectivity index (χ0v) is 19.8. The number of benzene rings is 2. The minimum Gasteiger partial charge on any atom is -0.496 e. The molecular formula is C25H25BrO3S. The maximum absolute atomic E-state index is 12.6. The molecule has 0 amide bonds. The van der Waals surface area contributed by atoms with Crippen LogP contribution in [0.3, 0.4) is 0 Å². The fourth-order valence-corrected chi connectivity index (χ4v) is 4.96. The fraction of sp³-hybridized carbons (Fsp3) is 0.240. The molecule has 156 valence electrons. The van der Waals surface area contributed by atoms with Gasteiger partial charge in [-0.1, -0.05) is 43.7 Å². The number of carbonyl (C=O) groups is 1. The van der Waals surface area contributed by atoms with Gasteiger partial charge in [-0.3, -0.25) is 4.79 Å². The van der Waals surface area contributed by atoms with Gasteiger partial charge in [0, 0.05) is 14.9 Å². The van der Waals surface area contributed by atoms with Crippen molar-refractivity contribution in [2.75, 3.05) is 7.11 Å². The molecule has 0 bridgehead atoms. The van der Waals surface area contributed by atoms with E-state index < -0.39 is 0 Å². The number of hydrogen-bond acceptors (Lipinski definition) is 4. The van der Waals surface area contributed by atoms with Crippen molar-refractivity contribution in [1.29, 1.82) is 0 Å². The van der Waals surface area contributed by atoms with Crippen molar-refractivity contribution < 1.29 is 14.3 Å². The van der Waals surface area contributed by atoms with Gasteiger partial charge >= 0.3 is 0 Å². The van der Waals surface area contributed by atoms with Crippen molar-refractivity contribution in [3.63, 3.8) is 0 Å². The third-order valence-corrected chi connectivity index (χ3v) is 6.87. The molecule has 0 saturated heterocycles. The Morgan fingerprint density at radius 1 is 1.13 bits per heavy atom. The molecule has 3 nitrogen and oxygen atoms in total. The summed E-state index contributed by atoms with van der Waals surface area (Å²) < 4.78 is 12.5. The van der Waals surface area contributed by atoms with Gasteiger partial charge < -0.3 is 9.47 Å². The van der Waals surface area contributed by atoms with Gasteiger partial charge in [-0.15, -0.1) is 11.3 Å². The summed E-state index contributed by atoms with van der Waals surface area (Å²) in [6.07, 6.45) is 5.50. The summed E-state index contributed by atoms with van der Waals surface area (Å²) in [5, 5.41) is 0. The van der Waals surface area contributed by atoms with Crippen LogP contribution >= 0.6 is 27.3 Å². The van der Waals surface area contributed by atoms with Crippen molar-refractivity contribution in [3.05, 3.63) is 85.5 Å². The lowest BCUT2D eigenvalue weighted by molar-refractivity contribution is 0.105. The minimum absolute atomic E-state index is 0.0107. The number of hydrogen-bond donors (Lipinski definition) is 0. The van der Waals surface area contributed by atoms with E-state index in [1.807, 2.05) is 61.5 Å². The van der Waals surface area contributed by atoms with E-state index in [0.29, 0.717) is 6.61 Å². The van der Waals surface area contributed by atoms with Gasteiger partial charge in [0.2, 0.25) is 0 Å². The second-order valence-electron chi connectivity index (χ2n) is 6.95. The highest BCUT2D eigenvalue weighted by Crippen LogP contribution is 2.29. The van der Waals surface area contributed by atoms with Crippen LogP contribution in [0.15, 0.2) is 59.1 Å². The van der Waals surface area contributed by atoms with Crippen molar-refractivity contribution in [2.24, 2.45) is 0 Å². The predicted octanol–water partition coefficient (Wildman–Crippen LogP) is 7.26. The number of para-hydroxylation sites is 1. The van der Waals surface area contributed by atoms with E-state index in [4.69, 9.17) is 9.47 Å². The van der Waals surface area contributed by atoms with E-state index in [2.05, 4.69) is 22.9 Å². The quantitative estimate of drug-likeness (QED) is 0.237. The molecule has 0 N–H and O–H groups in total. The molecule has 0 atom stereocenters. The van der Waals surface area contributed by atoms with Crippen molar-refractivity contribution >= 4 is 39.1 Å². The lowest BCUT2D eigenvalue weighted by Gasteiger charge is -2.12. The molecule has 0 aliphatic heterocycles. The summed E-state index contributed by atoms with van der Waals surface area (Å²) in [5.74, 6) is 1.62. The summed E-state index contributed by atoms with van der Waals surface area (Å²) in [7, 11) is 1.65. The first-order valence-corrected chi connectivity index (χ1v) is 11.5. The molecule has 2 aromatic carbocycles. The standard InChI is InChI=1S/C25H25BrO3S/c1-4-7-24-20(26)15-25(30-24)21(27)12-10-18-11-13-23(28-3)19(14-18)16-29-22-9-6-5-8-17(22)2/h5-6,8-15H,4,7,16H2,1-3H3/b12-10+. The molecule has 5 heteroatoms. The van der Waals surface area contributed by atoms with E-state index in [0.717, 1.165) is 50.4 Å². The first-order valence-electron chi connectivity index (χ1n) is 9.87. The number of rotatable bonds is 9. The van der Waals surface area contributed by atoms with Crippen LogP contribution in [0.1, 0.15) is 44.6 Å². The molecule has 0 aliphatic rings. The number of aryl methyl sites for hydroxylation is 2. The SMILES string of the molecule is CCCc1sc(C(=O)/C=C/c2ccc(OC)c(COc3ccccc3C)c2)cc1Br. The normalized spacial score (nSPS) is 11.1. The summed E-state index contributed by atoms with van der Waals surface area (Å²) in [6.45, 7) is 4.55. The third-order valence-electron chi connectivity index (χ3n) is 4.69. The summed E-state index contributed by atoms with van der Waals surface area (Å²) >= 11 is 5.11. The number of methoxy groups -OCH3 is 1. The van der Waals surface area contributed by atoms with E-state index in [-0.39, 0.29) is 5.78 Å². The molecule has 1 aromatic heterocycles. The second-order valence-corrected chi connectivity index (χ2v) is 8.95. The molecule has 0 aliphatic carbocycles. The zero-order valence-electron chi connectivity index (χ0n) is 17.4. The van der Waals surface area contributed by atoms with Crippen LogP contribution in [-0.2, 0) is 13.0 Å². The predicted molar refractivity (Wildman–Crippen MR) is 128 cm³/mol. The average Bonchev–Trinajstić information content (AvgIpc) is 3.12. The molecule has 0 spiro atoms.